The van der Waals surface area contributed by atoms with Gasteiger partial charge in [-0.05, 0) is 36.0 Å². The molecule has 1 aliphatic rings. The van der Waals surface area contributed by atoms with Crippen molar-refractivity contribution in [3.05, 3.63) is 35.1 Å². The molecule has 0 radical (unpaired) electrons. The van der Waals surface area contributed by atoms with Gasteiger partial charge in [0.25, 0.3) is 0 Å². The smallest absolute Gasteiger partial charge is 0.212 e. The van der Waals surface area contributed by atoms with Crippen LogP contribution in [0.1, 0.15) is 29.9 Å². The predicted octanol–water partition coefficient (Wildman–Crippen LogP) is 2.77. The fourth-order valence-corrected chi connectivity index (χ4v) is 2.54. The maximum atomic E-state index is 13.5. The molecule has 0 amide bonds. The summed E-state index contributed by atoms with van der Waals surface area (Å²) in [4.78, 5) is 0. The van der Waals surface area contributed by atoms with E-state index in [4.69, 9.17) is 10.7 Å². The summed E-state index contributed by atoms with van der Waals surface area (Å²) in [6.45, 7) is 0. The standard InChI is InChI=1S/C10H10ClFO2S/c11-15(13,14)6-7-1-4-9(8-2-3-8)10(12)5-7/h1,4-5,8H,2-3,6H2. The minimum absolute atomic E-state index is 0.323. The van der Waals surface area contributed by atoms with E-state index in [-0.39, 0.29) is 11.6 Å². The van der Waals surface area contributed by atoms with Gasteiger partial charge >= 0.3 is 0 Å². The van der Waals surface area contributed by atoms with Gasteiger partial charge in [0.1, 0.15) is 5.82 Å². The molecule has 0 aromatic heterocycles. The first-order valence-electron chi connectivity index (χ1n) is 4.66. The number of rotatable bonds is 3. The van der Waals surface area contributed by atoms with Gasteiger partial charge in [-0.1, -0.05) is 12.1 Å². The number of benzene rings is 1. The summed E-state index contributed by atoms with van der Waals surface area (Å²) < 4.78 is 35.1. The minimum atomic E-state index is -3.61. The van der Waals surface area contributed by atoms with Gasteiger partial charge in [0, 0.05) is 10.7 Å². The third-order valence-corrected chi connectivity index (χ3v) is 3.43. The lowest BCUT2D eigenvalue weighted by Gasteiger charge is -2.03. The molecule has 0 bridgehead atoms. The molecule has 15 heavy (non-hydrogen) atoms. The molecular weight excluding hydrogens is 239 g/mol. The normalized spacial score (nSPS) is 16.7. The van der Waals surface area contributed by atoms with Crippen molar-refractivity contribution in [2.75, 3.05) is 0 Å². The topological polar surface area (TPSA) is 34.1 Å². The van der Waals surface area contributed by atoms with Gasteiger partial charge in [-0.25, -0.2) is 12.8 Å². The summed E-state index contributed by atoms with van der Waals surface area (Å²) in [5.41, 5.74) is 1.08. The molecule has 1 aromatic carbocycles. The Balaban J connectivity index is 2.25. The Bertz CT molecular complexity index is 480. The Morgan fingerprint density at radius 1 is 1.40 bits per heavy atom. The Morgan fingerprint density at radius 2 is 2.07 bits per heavy atom. The molecule has 2 nitrogen and oxygen atoms in total. The Kier molecular flexibility index (Phi) is 2.73. The third kappa shape index (κ3) is 2.92. The average molecular weight is 249 g/mol. The number of hydrogen-bond donors (Lipinski definition) is 0. The maximum absolute atomic E-state index is 13.5. The first kappa shape index (κ1) is 10.9. The van der Waals surface area contributed by atoms with E-state index >= 15 is 0 Å². The third-order valence-electron chi connectivity index (χ3n) is 2.42. The van der Waals surface area contributed by atoms with Crippen LogP contribution in [0.25, 0.3) is 0 Å². The molecule has 0 saturated heterocycles. The summed E-state index contributed by atoms with van der Waals surface area (Å²) in [5, 5.41) is 0. The lowest BCUT2D eigenvalue weighted by Crippen LogP contribution is -1.97. The Morgan fingerprint density at radius 3 is 2.53 bits per heavy atom. The van der Waals surface area contributed by atoms with Crippen LogP contribution < -0.4 is 0 Å². The van der Waals surface area contributed by atoms with Crippen molar-refractivity contribution in [1.29, 1.82) is 0 Å². The molecule has 1 fully saturated rings. The fourth-order valence-electron chi connectivity index (χ4n) is 1.58. The van der Waals surface area contributed by atoms with Crippen LogP contribution in [0.2, 0.25) is 0 Å². The van der Waals surface area contributed by atoms with E-state index in [9.17, 15) is 12.8 Å². The summed E-state index contributed by atoms with van der Waals surface area (Å²) in [6, 6.07) is 4.54. The van der Waals surface area contributed by atoms with Gasteiger partial charge in [-0.2, -0.15) is 0 Å². The molecule has 0 spiro atoms. The highest BCUT2D eigenvalue weighted by atomic mass is 35.7. The number of hydrogen-bond acceptors (Lipinski definition) is 2. The van der Waals surface area contributed by atoms with Crippen LogP contribution in [0.5, 0.6) is 0 Å². The van der Waals surface area contributed by atoms with Crippen molar-refractivity contribution in [3.8, 4) is 0 Å². The molecule has 0 heterocycles. The van der Waals surface area contributed by atoms with E-state index in [1.807, 2.05) is 0 Å². The number of halogens is 2. The van der Waals surface area contributed by atoms with Crippen LogP contribution in [0.15, 0.2) is 18.2 Å². The van der Waals surface area contributed by atoms with Crippen molar-refractivity contribution in [3.63, 3.8) is 0 Å². The second-order valence-electron chi connectivity index (χ2n) is 3.81. The monoisotopic (exact) mass is 248 g/mol. The van der Waals surface area contributed by atoms with Gasteiger partial charge in [0.2, 0.25) is 9.05 Å². The molecule has 1 saturated carbocycles. The highest BCUT2D eigenvalue weighted by Crippen LogP contribution is 2.41. The van der Waals surface area contributed by atoms with Crippen LogP contribution >= 0.6 is 10.7 Å². The van der Waals surface area contributed by atoms with Crippen molar-refractivity contribution in [2.24, 2.45) is 0 Å². The molecule has 82 valence electrons. The van der Waals surface area contributed by atoms with Crippen molar-refractivity contribution in [1.82, 2.24) is 0 Å². The van der Waals surface area contributed by atoms with E-state index in [1.165, 1.54) is 6.07 Å². The Labute approximate surface area is 92.5 Å². The quantitative estimate of drug-likeness (QED) is 0.771. The average Bonchev–Trinajstić information content (AvgIpc) is 2.84. The van der Waals surface area contributed by atoms with E-state index in [0.717, 1.165) is 12.8 Å². The molecule has 2 rings (SSSR count). The van der Waals surface area contributed by atoms with E-state index in [2.05, 4.69) is 0 Å². The van der Waals surface area contributed by atoms with Crippen molar-refractivity contribution < 1.29 is 12.8 Å². The zero-order valence-corrected chi connectivity index (χ0v) is 9.48. The molecule has 5 heteroatoms. The van der Waals surface area contributed by atoms with E-state index in [1.54, 1.807) is 12.1 Å². The van der Waals surface area contributed by atoms with Crippen molar-refractivity contribution in [2.45, 2.75) is 24.5 Å². The fraction of sp³-hybridized carbons (Fsp3) is 0.400. The summed E-state index contributed by atoms with van der Waals surface area (Å²) >= 11 is 0. The Hall–Kier alpha value is -0.610. The SMILES string of the molecule is O=S(=O)(Cl)Cc1ccc(C2CC2)c(F)c1. The molecule has 0 aliphatic heterocycles. The maximum Gasteiger partial charge on any atom is 0.236 e. The summed E-state index contributed by atoms with van der Waals surface area (Å²) in [6.07, 6.45) is 2.04. The second kappa shape index (κ2) is 3.76. The van der Waals surface area contributed by atoms with Gasteiger partial charge in [-0.15, -0.1) is 0 Å². The van der Waals surface area contributed by atoms with Crippen LogP contribution in [-0.4, -0.2) is 8.42 Å². The zero-order chi connectivity index (χ0) is 11.1. The predicted molar refractivity (Wildman–Crippen MR) is 56.9 cm³/mol. The molecule has 1 aliphatic carbocycles. The highest BCUT2D eigenvalue weighted by Gasteiger charge is 2.26. The molecule has 1 aromatic rings. The zero-order valence-electron chi connectivity index (χ0n) is 7.91. The first-order valence-corrected chi connectivity index (χ1v) is 7.14. The first-order chi connectivity index (χ1) is 6.96. The summed E-state index contributed by atoms with van der Waals surface area (Å²) in [7, 11) is 1.48. The summed E-state index contributed by atoms with van der Waals surface area (Å²) in [5.74, 6) is -0.321. The van der Waals surface area contributed by atoms with Gasteiger partial charge in [-0.3, -0.25) is 0 Å². The highest BCUT2D eigenvalue weighted by molar-refractivity contribution is 8.13. The largest absolute Gasteiger partial charge is 0.236 e. The van der Waals surface area contributed by atoms with Gasteiger partial charge < -0.3 is 0 Å². The van der Waals surface area contributed by atoms with Crippen LogP contribution in [-0.2, 0) is 14.8 Å². The van der Waals surface area contributed by atoms with Crippen LogP contribution in [0, 0.1) is 5.82 Å². The molecule has 0 N–H and O–H groups in total. The van der Waals surface area contributed by atoms with Crippen LogP contribution in [0.4, 0.5) is 4.39 Å². The van der Waals surface area contributed by atoms with E-state index in [0.29, 0.717) is 17.0 Å². The van der Waals surface area contributed by atoms with Gasteiger partial charge in [0.15, 0.2) is 0 Å². The van der Waals surface area contributed by atoms with Crippen LogP contribution in [0.3, 0.4) is 0 Å². The van der Waals surface area contributed by atoms with Gasteiger partial charge in [0.05, 0.1) is 5.75 Å². The molecular formula is C10H10ClFO2S. The second-order valence-corrected chi connectivity index (χ2v) is 6.59. The minimum Gasteiger partial charge on any atom is -0.212 e. The lowest BCUT2D eigenvalue weighted by molar-refractivity contribution is 0.604. The molecule has 0 atom stereocenters. The lowest BCUT2D eigenvalue weighted by atomic mass is 10.1. The van der Waals surface area contributed by atoms with Crippen molar-refractivity contribution >= 4 is 19.7 Å². The van der Waals surface area contributed by atoms with E-state index < -0.39 is 9.05 Å². The molecule has 0 unspecified atom stereocenters.